The van der Waals surface area contributed by atoms with Crippen LogP contribution in [-0.4, -0.2) is 96.2 Å². The molecule has 1 aromatic rings. The zero-order chi connectivity index (χ0) is 34.0. The number of nitriles is 1. The molecule has 4 heterocycles. The molecule has 2 N–H and O–H groups in total. The van der Waals surface area contributed by atoms with Crippen LogP contribution in [0.5, 0.6) is 5.75 Å². The number of rotatable bonds is 7. The first-order chi connectivity index (χ1) is 23.8. The van der Waals surface area contributed by atoms with Gasteiger partial charge in [-0.2, -0.15) is 5.26 Å². The van der Waals surface area contributed by atoms with Crippen molar-refractivity contribution >= 4 is 5.91 Å². The van der Waals surface area contributed by atoms with Crippen LogP contribution in [0.1, 0.15) is 95.5 Å². The molecule has 2 saturated carbocycles. The summed E-state index contributed by atoms with van der Waals surface area (Å²) < 4.78 is 28.0. The molecule has 0 aromatic heterocycles. The molecule has 0 radical (unpaired) electrons. The number of nitrogens with zero attached hydrogens (tertiary/aromatic N) is 4. The Morgan fingerprint density at radius 2 is 1.90 bits per heavy atom. The number of likely N-dealkylation sites (tertiary alicyclic amines) is 1. The minimum absolute atomic E-state index is 0.0941. The van der Waals surface area contributed by atoms with E-state index in [4.69, 9.17) is 9.47 Å². The van der Waals surface area contributed by atoms with Crippen LogP contribution in [0.4, 0.5) is 4.39 Å². The molecule has 3 saturated heterocycles. The van der Waals surface area contributed by atoms with Gasteiger partial charge in [0.2, 0.25) is 5.91 Å². The quantitative estimate of drug-likeness (QED) is 0.376. The highest BCUT2D eigenvalue weighted by atomic mass is 19.1. The number of benzene rings is 1. The molecular weight excluding hydrogens is 619 g/mol. The molecule has 10 heteroatoms. The molecule has 9 nitrogen and oxygen atoms in total. The van der Waals surface area contributed by atoms with E-state index in [2.05, 4.69) is 40.1 Å². The van der Waals surface area contributed by atoms with Crippen molar-refractivity contribution in [3.63, 3.8) is 0 Å². The largest absolute Gasteiger partial charge is 0.487 e. The van der Waals surface area contributed by atoms with Crippen molar-refractivity contribution in [2.45, 2.75) is 132 Å². The Morgan fingerprint density at radius 3 is 2.63 bits per heavy atom. The van der Waals surface area contributed by atoms with Gasteiger partial charge in [-0.1, -0.05) is 45.1 Å². The van der Waals surface area contributed by atoms with Crippen molar-refractivity contribution < 1.29 is 18.7 Å². The molecule has 268 valence electrons. The van der Waals surface area contributed by atoms with E-state index in [9.17, 15) is 14.4 Å². The highest BCUT2D eigenvalue weighted by molar-refractivity contribution is 5.87. The van der Waals surface area contributed by atoms with Crippen LogP contribution in [-0.2, 0) is 16.0 Å². The number of carbonyl (C=O) groups is 1. The predicted molar refractivity (Wildman–Crippen MR) is 187 cm³/mol. The van der Waals surface area contributed by atoms with Crippen LogP contribution < -0.4 is 15.4 Å². The van der Waals surface area contributed by atoms with E-state index >= 15 is 0 Å². The maximum atomic E-state index is 14.3. The second kappa shape index (κ2) is 15.0. The first-order valence-electron chi connectivity index (χ1n) is 19.2. The molecule has 5 fully saturated rings. The lowest BCUT2D eigenvalue weighted by molar-refractivity contribution is -0.189. The normalized spacial score (nSPS) is 36.2. The fourth-order valence-electron chi connectivity index (χ4n) is 10.6. The summed E-state index contributed by atoms with van der Waals surface area (Å²) >= 11 is 0. The Bertz CT molecular complexity index is 1380. The van der Waals surface area contributed by atoms with Crippen molar-refractivity contribution in [3.05, 3.63) is 42.2 Å². The number of amides is 1. The second-order valence-electron chi connectivity index (χ2n) is 15.9. The van der Waals surface area contributed by atoms with E-state index in [0.29, 0.717) is 38.1 Å². The number of likely N-dealkylation sites (N-methyl/N-ethyl adjacent to an activating group) is 1. The van der Waals surface area contributed by atoms with Crippen LogP contribution in [0, 0.1) is 29.0 Å². The van der Waals surface area contributed by atoms with Crippen LogP contribution >= 0.6 is 0 Å². The van der Waals surface area contributed by atoms with Crippen molar-refractivity contribution in [1.82, 2.24) is 25.3 Å². The number of fused-ring (bicyclic) bond motifs is 2. The number of nitrogens with one attached hydrogen (secondary N) is 2. The van der Waals surface area contributed by atoms with Gasteiger partial charge >= 0.3 is 0 Å². The maximum Gasteiger partial charge on any atom is 0.246 e. The summed E-state index contributed by atoms with van der Waals surface area (Å²) in [7, 11) is 2.20. The third-order valence-corrected chi connectivity index (χ3v) is 13.0. The Labute approximate surface area is 292 Å². The highest BCUT2D eigenvalue weighted by Crippen LogP contribution is 2.52. The van der Waals surface area contributed by atoms with E-state index in [1.807, 2.05) is 4.90 Å². The number of ether oxygens (including phenoxy) is 2. The van der Waals surface area contributed by atoms with E-state index in [0.717, 1.165) is 69.3 Å². The SMILES string of the molecule is C=CC(=O)N1CCN(C2(C3CCCCCCCC3)NC(OCC3CCCN3C)NC3C[C@@]4(CCC32)Cc2cc(F)ccc2O4)CC1CC#N. The van der Waals surface area contributed by atoms with Gasteiger partial charge < -0.3 is 19.3 Å². The van der Waals surface area contributed by atoms with Gasteiger partial charge in [-0.15, -0.1) is 0 Å². The highest BCUT2D eigenvalue weighted by Gasteiger charge is 2.61. The summed E-state index contributed by atoms with van der Waals surface area (Å²) in [6.45, 7) is 7.48. The van der Waals surface area contributed by atoms with E-state index in [1.165, 1.54) is 57.1 Å². The molecule has 1 aromatic carbocycles. The van der Waals surface area contributed by atoms with Crippen molar-refractivity contribution in [2.24, 2.45) is 11.8 Å². The topological polar surface area (TPSA) is 93.1 Å². The van der Waals surface area contributed by atoms with E-state index in [1.54, 1.807) is 12.1 Å². The molecule has 0 bridgehead atoms. The molecule has 1 amide bonds. The van der Waals surface area contributed by atoms with Crippen LogP contribution in [0.2, 0.25) is 0 Å². The van der Waals surface area contributed by atoms with E-state index < -0.39 is 0 Å². The van der Waals surface area contributed by atoms with Gasteiger partial charge in [-0.05, 0) is 82.3 Å². The minimum atomic E-state index is -0.375. The Kier molecular flexibility index (Phi) is 10.7. The van der Waals surface area contributed by atoms with E-state index in [-0.39, 0.29) is 47.3 Å². The average molecular weight is 677 g/mol. The molecule has 7 atom stereocenters. The molecule has 4 aliphatic heterocycles. The number of carbonyl (C=O) groups excluding carboxylic acids is 1. The molecular formula is C39H57FN6O3. The summed E-state index contributed by atoms with van der Waals surface area (Å²) in [5, 5.41) is 18.1. The number of hydrogen-bond acceptors (Lipinski definition) is 8. The summed E-state index contributed by atoms with van der Waals surface area (Å²) in [6.07, 6.45) is 16.9. The first-order valence-corrected chi connectivity index (χ1v) is 19.2. The summed E-state index contributed by atoms with van der Waals surface area (Å²) in [5.41, 5.74) is 0.220. The molecule has 2 aliphatic carbocycles. The van der Waals surface area contributed by atoms with Gasteiger partial charge in [0.05, 0.1) is 30.8 Å². The summed E-state index contributed by atoms with van der Waals surface area (Å²) in [4.78, 5) is 19.9. The lowest BCUT2D eigenvalue weighted by Crippen LogP contribution is -2.82. The summed E-state index contributed by atoms with van der Waals surface area (Å²) in [6, 6.07) is 7.67. The van der Waals surface area contributed by atoms with Crippen molar-refractivity contribution in [3.8, 4) is 11.8 Å². The Morgan fingerprint density at radius 1 is 1.10 bits per heavy atom. The third kappa shape index (κ3) is 7.03. The Hall–Kier alpha value is -2.55. The zero-order valence-corrected chi connectivity index (χ0v) is 29.5. The van der Waals surface area contributed by atoms with Gasteiger partial charge in [0.15, 0.2) is 6.35 Å². The molecule has 1 spiro atoms. The number of halogens is 1. The van der Waals surface area contributed by atoms with Crippen molar-refractivity contribution in [1.29, 1.82) is 5.26 Å². The minimum Gasteiger partial charge on any atom is -0.487 e. The third-order valence-electron chi connectivity index (χ3n) is 13.0. The number of hydrogen-bond donors (Lipinski definition) is 2. The fourth-order valence-corrected chi connectivity index (χ4v) is 10.6. The maximum absolute atomic E-state index is 14.3. The molecule has 6 aliphatic rings. The van der Waals surface area contributed by atoms with Crippen LogP contribution in [0.3, 0.4) is 0 Å². The smallest absolute Gasteiger partial charge is 0.246 e. The Balaban J connectivity index is 1.25. The predicted octanol–water partition coefficient (Wildman–Crippen LogP) is 5.31. The average Bonchev–Trinajstić information content (AvgIpc) is 3.71. The monoisotopic (exact) mass is 676 g/mol. The fraction of sp³-hybridized carbons (Fsp3) is 0.744. The lowest BCUT2D eigenvalue weighted by atomic mass is 9.62. The van der Waals surface area contributed by atoms with Gasteiger partial charge in [0.25, 0.3) is 0 Å². The van der Waals surface area contributed by atoms with Gasteiger partial charge in [0, 0.05) is 56.0 Å². The van der Waals surface area contributed by atoms with Gasteiger partial charge in [-0.25, -0.2) is 4.39 Å². The molecule has 49 heavy (non-hydrogen) atoms. The number of piperazine rings is 1. The first kappa shape index (κ1) is 34.9. The standard InChI is InChI=1S/C39H57FN6O3/c1-3-36(47)46-22-21-45(26-31(46)17-19-41)39(29-11-8-6-4-5-7-9-12-29)33-16-18-38(24-28-23-30(40)14-15-35(28)49-38)25-34(33)42-37(43-39)48-27-32-13-10-20-44(32)2/h3,14-15,23,29,31-34,37,42-43H,1,4-13,16-18,20-22,24-27H2,2H3/t31?,32?,33?,34?,37?,38-,39?/m1/s1. The van der Waals surface area contributed by atoms with Crippen molar-refractivity contribution in [2.75, 3.05) is 39.8 Å². The van der Waals surface area contributed by atoms with Crippen LogP contribution in [0.15, 0.2) is 30.9 Å². The van der Waals surface area contributed by atoms with Crippen LogP contribution in [0.25, 0.3) is 0 Å². The molecule has 6 unspecified atom stereocenters. The van der Waals surface area contributed by atoms with Gasteiger partial charge in [-0.3, -0.25) is 20.3 Å². The van der Waals surface area contributed by atoms with Gasteiger partial charge in [0.1, 0.15) is 17.2 Å². The zero-order valence-electron chi connectivity index (χ0n) is 29.5. The second-order valence-corrected chi connectivity index (χ2v) is 15.9. The summed E-state index contributed by atoms with van der Waals surface area (Å²) in [5.74, 6) is 1.18. The lowest BCUT2D eigenvalue weighted by Gasteiger charge is -2.64. The molecule has 7 rings (SSSR count).